The molecule has 3 rings (SSSR count). The average Bonchev–Trinajstić information content (AvgIpc) is 3.22. The molecule has 1 amide bonds. The van der Waals surface area contributed by atoms with Crippen LogP contribution in [0.2, 0.25) is 0 Å². The van der Waals surface area contributed by atoms with Gasteiger partial charge in [-0.05, 0) is 57.1 Å². The molecular formula is C19H25N3O3S. The van der Waals surface area contributed by atoms with E-state index in [9.17, 15) is 9.59 Å². The zero-order valence-corrected chi connectivity index (χ0v) is 16.3. The van der Waals surface area contributed by atoms with E-state index >= 15 is 0 Å². The van der Waals surface area contributed by atoms with Crippen LogP contribution in [0.5, 0.6) is 0 Å². The van der Waals surface area contributed by atoms with E-state index in [4.69, 9.17) is 4.74 Å². The van der Waals surface area contributed by atoms with E-state index in [1.54, 1.807) is 17.8 Å². The largest absolute Gasteiger partial charge is 0.462 e. The minimum atomic E-state index is -0.456. The number of ether oxygens (including phenoxy) is 1. The molecule has 0 saturated heterocycles. The van der Waals surface area contributed by atoms with Gasteiger partial charge in [0.2, 0.25) is 5.91 Å². The van der Waals surface area contributed by atoms with Crippen LogP contribution in [-0.4, -0.2) is 28.3 Å². The first-order valence-electron chi connectivity index (χ1n) is 9.14. The van der Waals surface area contributed by atoms with Crippen LogP contribution in [0.4, 0.5) is 5.00 Å². The Balaban J connectivity index is 1.85. The second-order valence-corrected chi connectivity index (χ2v) is 7.82. The molecule has 0 spiro atoms. The molecule has 0 fully saturated rings. The predicted molar refractivity (Wildman–Crippen MR) is 102 cm³/mol. The Hall–Kier alpha value is -2.15. The second-order valence-electron chi connectivity index (χ2n) is 6.71. The summed E-state index contributed by atoms with van der Waals surface area (Å²) in [7, 11) is 0. The molecular weight excluding hydrogens is 350 g/mol. The lowest BCUT2D eigenvalue weighted by Gasteiger charge is -2.14. The van der Waals surface area contributed by atoms with Gasteiger partial charge in [-0.25, -0.2) is 4.79 Å². The summed E-state index contributed by atoms with van der Waals surface area (Å²) in [5.41, 5.74) is 2.61. The lowest BCUT2D eigenvalue weighted by Crippen LogP contribution is -2.24. The SMILES string of the molecule is CCCOC(=O)c1c(NC(=O)C(C)n2cc(C)cn2)sc2c1CCCC2. The normalized spacial score (nSPS) is 14.6. The van der Waals surface area contributed by atoms with E-state index in [1.165, 1.54) is 16.2 Å². The zero-order valence-electron chi connectivity index (χ0n) is 15.5. The number of nitrogens with one attached hydrogen (secondary N) is 1. The number of carbonyl (C=O) groups excluding carboxylic acids is 2. The predicted octanol–water partition coefficient (Wildman–Crippen LogP) is 3.90. The Kier molecular flexibility index (Phi) is 5.76. The first kappa shape index (κ1) is 18.6. The van der Waals surface area contributed by atoms with Gasteiger partial charge in [-0.2, -0.15) is 5.10 Å². The molecule has 6 nitrogen and oxygen atoms in total. The van der Waals surface area contributed by atoms with Crippen molar-refractivity contribution in [2.24, 2.45) is 0 Å². The van der Waals surface area contributed by atoms with Crippen LogP contribution in [0.3, 0.4) is 0 Å². The summed E-state index contributed by atoms with van der Waals surface area (Å²) in [6.07, 6.45) is 8.34. The number of thiophene rings is 1. The molecule has 0 aromatic carbocycles. The fraction of sp³-hybridized carbons (Fsp3) is 0.526. The maximum atomic E-state index is 12.7. The average molecular weight is 375 g/mol. The number of aromatic nitrogens is 2. The molecule has 1 unspecified atom stereocenters. The Morgan fingerprint density at radius 3 is 2.85 bits per heavy atom. The molecule has 7 heteroatoms. The van der Waals surface area contributed by atoms with E-state index in [0.29, 0.717) is 17.2 Å². The Bertz CT molecular complexity index is 809. The van der Waals surface area contributed by atoms with Gasteiger partial charge in [-0.1, -0.05) is 6.92 Å². The lowest BCUT2D eigenvalue weighted by atomic mass is 9.95. The number of amides is 1. The fourth-order valence-corrected chi connectivity index (χ4v) is 4.40. The van der Waals surface area contributed by atoms with E-state index in [2.05, 4.69) is 10.4 Å². The first-order chi connectivity index (χ1) is 12.5. The zero-order chi connectivity index (χ0) is 18.7. The highest BCUT2D eigenvalue weighted by atomic mass is 32.1. The first-order valence-corrected chi connectivity index (χ1v) is 9.96. The minimum Gasteiger partial charge on any atom is -0.462 e. The number of rotatable bonds is 6. The molecule has 2 aromatic rings. The van der Waals surface area contributed by atoms with Crippen LogP contribution in [0.25, 0.3) is 0 Å². The molecule has 0 saturated carbocycles. The number of anilines is 1. The van der Waals surface area contributed by atoms with Gasteiger partial charge in [-0.3, -0.25) is 9.48 Å². The summed E-state index contributed by atoms with van der Waals surface area (Å²) in [5, 5.41) is 7.77. The molecule has 0 aliphatic heterocycles. The van der Waals surface area contributed by atoms with Crippen molar-refractivity contribution in [3.8, 4) is 0 Å². The standard InChI is InChI=1S/C19H25N3O3S/c1-4-9-25-19(24)16-14-7-5-6-8-15(14)26-18(16)21-17(23)13(3)22-11-12(2)10-20-22/h10-11,13H,4-9H2,1-3H3,(H,21,23). The van der Waals surface area contributed by atoms with Gasteiger partial charge < -0.3 is 10.1 Å². The van der Waals surface area contributed by atoms with Crippen LogP contribution in [0.1, 0.15) is 65.5 Å². The van der Waals surface area contributed by atoms with E-state index in [-0.39, 0.29) is 11.9 Å². The number of fused-ring (bicyclic) bond motifs is 1. The number of aryl methyl sites for hydroxylation is 2. The summed E-state index contributed by atoms with van der Waals surface area (Å²) in [5.74, 6) is -0.514. The number of esters is 1. The van der Waals surface area contributed by atoms with Crippen LogP contribution >= 0.6 is 11.3 Å². The monoisotopic (exact) mass is 375 g/mol. The molecule has 2 heterocycles. The van der Waals surface area contributed by atoms with Gasteiger partial charge in [0.25, 0.3) is 0 Å². The topological polar surface area (TPSA) is 73.2 Å². The molecule has 26 heavy (non-hydrogen) atoms. The van der Waals surface area contributed by atoms with E-state index in [1.807, 2.05) is 20.0 Å². The van der Waals surface area contributed by atoms with Crippen molar-refractivity contribution in [2.75, 3.05) is 11.9 Å². The third-order valence-electron chi connectivity index (χ3n) is 4.56. The van der Waals surface area contributed by atoms with Crippen LogP contribution in [0.15, 0.2) is 12.4 Å². The molecule has 140 valence electrons. The molecule has 0 bridgehead atoms. The highest BCUT2D eigenvalue weighted by molar-refractivity contribution is 7.17. The van der Waals surface area contributed by atoms with Crippen molar-refractivity contribution in [3.05, 3.63) is 34.0 Å². The van der Waals surface area contributed by atoms with Crippen LogP contribution < -0.4 is 5.32 Å². The van der Waals surface area contributed by atoms with Crippen molar-refractivity contribution in [3.63, 3.8) is 0 Å². The van der Waals surface area contributed by atoms with Crippen LogP contribution in [0, 0.1) is 6.92 Å². The number of nitrogens with zero attached hydrogens (tertiary/aromatic N) is 2. The highest BCUT2D eigenvalue weighted by Crippen LogP contribution is 2.38. The van der Waals surface area contributed by atoms with E-state index < -0.39 is 6.04 Å². The third-order valence-corrected chi connectivity index (χ3v) is 5.76. The maximum absolute atomic E-state index is 12.7. The summed E-state index contributed by atoms with van der Waals surface area (Å²) in [6, 6.07) is -0.456. The Labute approximate surface area is 157 Å². The molecule has 1 N–H and O–H groups in total. The third kappa shape index (κ3) is 3.82. The van der Waals surface area contributed by atoms with Gasteiger partial charge in [0.05, 0.1) is 18.4 Å². The van der Waals surface area contributed by atoms with Crippen molar-refractivity contribution < 1.29 is 14.3 Å². The number of hydrogen-bond donors (Lipinski definition) is 1. The smallest absolute Gasteiger partial charge is 0.341 e. The summed E-state index contributed by atoms with van der Waals surface area (Å²) in [4.78, 5) is 26.5. The highest BCUT2D eigenvalue weighted by Gasteiger charge is 2.28. The summed E-state index contributed by atoms with van der Waals surface area (Å²) >= 11 is 1.51. The van der Waals surface area contributed by atoms with E-state index in [0.717, 1.165) is 43.2 Å². The minimum absolute atomic E-state index is 0.184. The quantitative estimate of drug-likeness (QED) is 0.777. The van der Waals surface area contributed by atoms with Crippen molar-refractivity contribution in [1.82, 2.24) is 9.78 Å². The molecule has 1 atom stereocenters. The van der Waals surface area contributed by atoms with Crippen LogP contribution in [-0.2, 0) is 22.4 Å². The van der Waals surface area contributed by atoms with Gasteiger partial charge >= 0.3 is 5.97 Å². The second kappa shape index (κ2) is 8.03. The lowest BCUT2D eigenvalue weighted by molar-refractivity contribution is -0.119. The van der Waals surface area contributed by atoms with Crippen molar-refractivity contribution in [1.29, 1.82) is 0 Å². The van der Waals surface area contributed by atoms with Gasteiger partial charge in [-0.15, -0.1) is 11.3 Å². The van der Waals surface area contributed by atoms with Crippen molar-refractivity contribution in [2.45, 2.75) is 58.9 Å². The fourth-order valence-electron chi connectivity index (χ4n) is 3.12. The molecule has 0 radical (unpaired) electrons. The molecule has 1 aliphatic carbocycles. The summed E-state index contributed by atoms with van der Waals surface area (Å²) in [6.45, 7) is 6.08. The number of carbonyl (C=O) groups is 2. The van der Waals surface area contributed by atoms with Gasteiger partial charge in [0.1, 0.15) is 11.0 Å². The summed E-state index contributed by atoms with van der Waals surface area (Å²) < 4.78 is 7.00. The Morgan fingerprint density at radius 1 is 1.38 bits per heavy atom. The van der Waals surface area contributed by atoms with Gasteiger partial charge in [0.15, 0.2) is 0 Å². The van der Waals surface area contributed by atoms with Crippen molar-refractivity contribution >= 4 is 28.2 Å². The molecule has 1 aliphatic rings. The van der Waals surface area contributed by atoms with Gasteiger partial charge in [0, 0.05) is 11.1 Å². The maximum Gasteiger partial charge on any atom is 0.341 e. The number of hydrogen-bond acceptors (Lipinski definition) is 5. The Morgan fingerprint density at radius 2 is 2.15 bits per heavy atom. The molecule has 2 aromatic heterocycles.